The van der Waals surface area contributed by atoms with Gasteiger partial charge in [0.1, 0.15) is 0 Å². The van der Waals surface area contributed by atoms with Crippen LogP contribution in [0.15, 0.2) is 0 Å². The van der Waals surface area contributed by atoms with Crippen LogP contribution < -0.4 is 0 Å². The van der Waals surface area contributed by atoms with Crippen molar-refractivity contribution in [2.24, 2.45) is 11.8 Å². The maximum Gasteiger partial charge on any atom is 0.358 e. The first-order valence-electron chi connectivity index (χ1n) is 6.07. The van der Waals surface area contributed by atoms with Crippen LogP contribution in [-0.2, 0) is 13.0 Å². The third-order valence-corrected chi connectivity index (χ3v) is 2.56. The predicted molar refractivity (Wildman–Crippen MR) is 65.0 cm³/mol. The number of nitrogens with zero attached hydrogens (tertiary/aromatic N) is 3. The molecule has 0 aliphatic carbocycles. The Hall–Kier alpha value is -1.39. The molecule has 0 unspecified atom stereocenters. The van der Waals surface area contributed by atoms with Gasteiger partial charge < -0.3 is 5.11 Å². The van der Waals surface area contributed by atoms with E-state index in [9.17, 15) is 4.79 Å². The van der Waals surface area contributed by atoms with E-state index in [0.29, 0.717) is 18.3 Å². The van der Waals surface area contributed by atoms with Crippen LogP contribution in [0.5, 0.6) is 0 Å². The second-order valence-electron chi connectivity index (χ2n) is 5.19. The number of aryl methyl sites for hydroxylation is 1. The van der Waals surface area contributed by atoms with E-state index in [-0.39, 0.29) is 5.69 Å². The van der Waals surface area contributed by atoms with Crippen molar-refractivity contribution in [2.75, 3.05) is 0 Å². The number of aromatic nitrogens is 3. The number of carboxylic acids is 1. The van der Waals surface area contributed by atoms with E-state index in [4.69, 9.17) is 5.11 Å². The number of hydrogen-bond donors (Lipinski definition) is 1. The molecular weight excluding hydrogens is 218 g/mol. The fourth-order valence-corrected chi connectivity index (χ4v) is 1.65. The van der Waals surface area contributed by atoms with E-state index in [0.717, 1.165) is 18.7 Å². The topological polar surface area (TPSA) is 68.0 Å². The van der Waals surface area contributed by atoms with Gasteiger partial charge in [0, 0.05) is 6.54 Å². The molecule has 0 fully saturated rings. The molecule has 0 aromatic carbocycles. The van der Waals surface area contributed by atoms with Crippen molar-refractivity contribution in [3.8, 4) is 0 Å². The Balaban J connectivity index is 2.92. The van der Waals surface area contributed by atoms with Crippen molar-refractivity contribution in [1.82, 2.24) is 15.0 Å². The van der Waals surface area contributed by atoms with Crippen molar-refractivity contribution in [1.29, 1.82) is 0 Å². The highest BCUT2D eigenvalue weighted by molar-refractivity contribution is 5.86. The fraction of sp³-hybridized carbons (Fsp3) is 0.750. The van der Waals surface area contributed by atoms with Crippen LogP contribution >= 0.6 is 0 Å². The standard InChI is InChI=1S/C12H21N3O2/c1-8(2)5-6-15-10(7-9(3)4)11(12(16)17)13-14-15/h8-9H,5-7H2,1-4H3,(H,16,17). The van der Waals surface area contributed by atoms with Gasteiger partial charge in [-0.05, 0) is 24.7 Å². The lowest BCUT2D eigenvalue weighted by molar-refractivity contribution is 0.0689. The van der Waals surface area contributed by atoms with Gasteiger partial charge in [0.05, 0.1) is 5.69 Å². The summed E-state index contributed by atoms with van der Waals surface area (Å²) in [5.74, 6) is -0.0276. The second kappa shape index (κ2) is 5.80. The van der Waals surface area contributed by atoms with Crippen LogP contribution in [0, 0.1) is 11.8 Å². The van der Waals surface area contributed by atoms with Crippen LogP contribution in [0.25, 0.3) is 0 Å². The first-order valence-corrected chi connectivity index (χ1v) is 6.07. The van der Waals surface area contributed by atoms with Gasteiger partial charge in [-0.25, -0.2) is 9.48 Å². The molecule has 1 heterocycles. The van der Waals surface area contributed by atoms with E-state index in [1.807, 2.05) is 0 Å². The van der Waals surface area contributed by atoms with E-state index < -0.39 is 5.97 Å². The molecule has 5 heteroatoms. The summed E-state index contributed by atoms with van der Waals surface area (Å²) in [5, 5.41) is 16.8. The summed E-state index contributed by atoms with van der Waals surface area (Å²) in [6.07, 6.45) is 1.68. The number of carbonyl (C=O) groups is 1. The maximum absolute atomic E-state index is 11.0. The van der Waals surface area contributed by atoms with Gasteiger partial charge in [-0.15, -0.1) is 5.10 Å². The second-order valence-corrected chi connectivity index (χ2v) is 5.19. The van der Waals surface area contributed by atoms with Gasteiger partial charge in [0.2, 0.25) is 0 Å². The third kappa shape index (κ3) is 3.84. The van der Waals surface area contributed by atoms with Gasteiger partial charge >= 0.3 is 5.97 Å². The van der Waals surface area contributed by atoms with E-state index >= 15 is 0 Å². The molecular formula is C12H21N3O2. The molecule has 1 aromatic heterocycles. The van der Waals surface area contributed by atoms with Crippen molar-refractivity contribution in [3.05, 3.63) is 11.4 Å². The van der Waals surface area contributed by atoms with E-state index in [1.54, 1.807) is 4.68 Å². The number of hydrogen-bond acceptors (Lipinski definition) is 3. The third-order valence-electron chi connectivity index (χ3n) is 2.56. The smallest absolute Gasteiger partial charge is 0.358 e. The Morgan fingerprint density at radius 1 is 1.29 bits per heavy atom. The fourth-order valence-electron chi connectivity index (χ4n) is 1.65. The molecule has 1 rings (SSSR count). The zero-order valence-corrected chi connectivity index (χ0v) is 11.0. The summed E-state index contributed by atoms with van der Waals surface area (Å²) in [5.41, 5.74) is 0.843. The van der Waals surface area contributed by atoms with Gasteiger partial charge in [0.25, 0.3) is 0 Å². The Morgan fingerprint density at radius 3 is 2.41 bits per heavy atom. The van der Waals surface area contributed by atoms with Gasteiger partial charge in [-0.3, -0.25) is 0 Å². The molecule has 1 aromatic rings. The summed E-state index contributed by atoms with van der Waals surface area (Å²) in [6.45, 7) is 9.13. The zero-order valence-electron chi connectivity index (χ0n) is 11.0. The SMILES string of the molecule is CC(C)CCn1nnc(C(=O)O)c1CC(C)C. The quantitative estimate of drug-likeness (QED) is 0.826. The monoisotopic (exact) mass is 239 g/mol. The largest absolute Gasteiger partial charge is 0.476 e. The molecule has 17 heavy (non-hydrogen) atoms. The van der Waals surface area contributed by atoms with Crippen LogP contribution in [0.4, 0.5) is 0 Å². The first kappa shape index (κ1) is 13.7. The van der Waals surface area contributed by atoms with Crippen molar-refractivity contribution >= 4 is 5.97 Å². The highest BCUT2D eigenvalue weighted by Gasteiger charge is 2.19. The molecule has 0 amide bonds. The normalized spacial score (nSPS) is 11.4. The first-order chi connectivity index (χ1) is 7.91. The van der Waals surface area contributed by atoms with Gasteiger partial charge in [-0.1, -0.05) is 32.9 Å². The molecule has 0 bridgehead atoms. The summed E-state index contributed by atoms with van der Waals surface area (Å²) < 4.78 is 1.74. The average Bonchev–Trinajstić information content (AvgIpc) is 2.57. The molecule has 0 saturated carbocycles. The lowest BCUT2D eigenvalue weighted by atomic mass is 10.1. The van der Waals surface area contributed by atoms with Gasteiger partial charge in [-0.2, -0.15) is 0 Å². The molecule has 1 N–H and O–H groups in total. The molecule has 0 aliphatic heterocycles. The Labute approximate surface area is 102 Å². The molecule has 0 atom stereocenters. The summed E-state index contributed by atoms with van der Waals surface area (Å²) in [6, 6.07) is 0. The minimum atomic E-state index is -0.989. The molecule has 0 radical (unpaired) electrons. The van der Waals surface area contributed by atoms with Crippen LogP contribution in [0.2, 0.25) is 0 Å². The lowest BCUT2D eigenvalue weighted by Crippen LogP contribution is -2.12. The highest BCUT2D eigenvalue weighted by Crippen LogP contribution is 2.13. The van der Waals surface area contributed by atoms with Crippen molar-refractivity contribution in [3.63, 3.8) is 0 Å². The Bertz CT molecular complexity index is 383. The summed E-state index contributed by atoms with van der Waals surface area (Å²) >= 11 is 0. The number of rotatable bonds is 6. The number of carboxylic acid groups (broad SMARTS) is 1. The highest BCUT2D eigenvalue weighted by atomic mass is 16.4. The molecule has 0 saturated heterocycles. The summed E-state index contributed by atoms with van der Waals surface area (Å²) in [7, 11) is 0. The van der Waals surface area contributed by atoms with Crippen molar-refractivity contribution < 1.29 is 9.90 Å². The van der Waals surface area contributed by atoms with E-state index in [2.05, 4.69) is 38.0 Å². The summed E-state index contributed by atoms with van der Waals surface area (Å²) in [4.78, 5) is 11.0. The van der Waals surface area contributed by atoms with E-state index in [1.165, 1.54) is 0 Å². The van der Waals surface area contributed by atoms with Gasteiger partial charge in [0.15, 0.2) is 5.69 Å². The lowest BCUT2D eigenvalue weighted by Gasteiger charge is -2.10. The minimum absolute atomic E-state index is 0.0995. The minimum Gasteiger partial charge on any atom is -0.476 e. The van der Waals surface area contributed by atoms with Crippen LogP contribution in [-0.4, -0.2) is 26.1 Å². The molecule has 5 nitrogen and oxygen atoms in total. The zero-order chi connectivity index (χ0) is 13.0. The average molecular weight is 239 g/mol. The predicted octanol–water partition coefficient (Wildman–Crippen LogP) is 2.22. The molecule has 0 spiro atoms. The number of aromatic carboxylic acids is 1. The van der Waals surface area contributed by atoms with Crippen molar-refractivity contribution in [2.45, 2.75) is 47.1 Å². The molecule has 0 aliphatic rings. The van der Waals surface area contributed by atoms with Crippen LogP contribution in [0.1, 0.15) is 50.3 Å². The Morgan fingerprint density at radius 2 is 1.94 bits per heavy atom. The molecule has 96 valence electrons. The Kier molecular flexibility index (Phi) is 4.66. The maximum atomic E-state index is 11.0. The van der Waals surface area contributed by atoms with Crippen LogP contribution in [0.3, 0.4) is 0 Å².